The zero-order valence-electron chi connectivity index (χ0n) is 16.4. The molecule has 0 spiro atoms. The first kappa shape index (κ1) is 21.7. The molecule has 25 heavy (non-hydrogen) atoms. The Morgan fingerprint density at radius 1 is 0.640 bits per heavy atom. The molecule has 5 nitrogen and oxygen atoms in total. The van der Waals surface area contributed by atoms with E-state index >= 15 is 0 Å². The van der Waals surface area contributed by atoms with Gasteiger partial charge in [-0.05, 0) is 6.42 Å². The van der Waals surface area contributed by atoms with Gasteiger partial charge in [-0.3, -0.25) is 19.4 Å². The van der Waals surface area contributed by atoms with Crippen LogP contribution in [0.15, 0.2) is 0 Å². The average Bonchev–Trinajstić information content (AvgIpc) is 2.61. The lowest BCUT2D eigenvalue weighted by Gasteiger charge is -2.32. The fourth-order valence-corrected chi connectivity index (χ4v) is 3.42. The molecule has 4 amide bonds. The number of amides is 4. The standard InChI is InChI=1S/C20H36N2O3/c1-4-5-6-7-8-9-10-11-12-13-14-15-16-17-18(23)21(2)20(25)22(3)19(17)24/h17H,4-16H2,1-3H3. The Morgan fingerprint density at radius 3 is 1.40 bits per heavy atom. The zero-order chi connectivity index (χ0) is 18.7. The summed E-state index contributed by atoms with van der Waals surface area (Å²) in [5.74, 6) is -1.37. The molecule has 0 radical (unpaired) electrons. The number of unbranched alkanes of at least 4 members (excludes halogenated alkanes) is 11. The molecular weight excluding hydrogens is 316 g/mol. The molecule has 0 aliphatic carbocycles. The lowest BCUT2D eigenvalue weighted by Crippen LogP contribution is -2.56. The van der Waals surface area contributed by atoms with Gasteiger partial charge in [0.05, 0.1) is 0 Å². The molecule has 0 bridgehead atoms. The summed E-state index contributed by atoms with van der Waals surface area (Å²) >= 11 is 0. The van der Waals surface area contributed by atoms with E-state index in [0.717, 1.165) is 29.1 Å². The molecule has 1 heterocycles. The van der Waals surface area contributed by atoms with Crippen molar-refractivity contribution >= 4 is 17.8 Å². The smallest absolute Gasteiger partial charge is 0.273 e. The molecule has 0 N–H and O–H groups in total. The molecule has 0 aromatic rings. The van der Waals surface area contributed by atoms with Crippen LogP contribution < -0.4 is 0 Å². The number of hydrogen-bond donors (Lipinski definition) is 0. The Bertz CT molecular complexity index is 413. The van der Waals surface area contributed by atoms with Crippen LogP contribution >= 0.6 is 0 Å². The first-order valence-corrected chi connectivity index (χ1v) is 10.1. The number of rotatable bonds is 13. The first-order chi connectivity index (χ1) is 12.0. The molecule has 0 unspecified atom stereocenters. The summed E-state index contributed by atoms with van der Waals surface area (Å²) < 4.78 is 0. The molecule has 1 aliphatic rings. The van der Waals surface area contributed by atoms with Crippen LogP contribution in [0.3, 0.4) is 0 Å². The molecule has 1 saturated heterocycles. The predicted octanol–water partition coefficient (Wildman–Crippen LogP) is 4.74. The lowest BCUT2D eigenvalue weighted by molar-refractivity contribution is -0.147. The Hall–Kier alpha value is -1.39. The molecule has 1 rings (SSSR count). The number of carbonyl (C=O) groups excluding carboxylic acids is 3. The van der Waals surface area contributed by atoms with Gasteiger partial charge in [0.15, 0.2) is 0 Å². The van der Waals surface area contributed by atoms with E-state index in [9.17, 15) is 14.4 Å². The molecule has 5 heteroatoms. The van der Waals surface area contributed by atoms with Gasteiger partial charge in [-0.25, -0.2) is 4.79 Å². The third-order valence-corrected chi connectivity index (χ3v) is 5.18. The van der Waals surface area contributed by atoms with Crippen LogP contribution in [0.4, 0.5) is 4.79 Å². The van der Waals surface area contributed by atoms with Crippen molar-refractivity contribution in [1.29, 1.82) is 0 Å². The minimum Gasteiger partial charge on any atom is -0.273 e. The second kappa shape index (κ2) is 12.0. The van der Waals surface area contributed by atoms with Gasteiger partial charge >= 0.3 is 6.03 Å². The van der Waals surface area contributed by atoms with Crippen molar-refractivity contribution < 1.29 is 14.4 Å². The highest BCUT2D eigenvalue weighted by molar-refractivity contribution is 6.15. The van der Waals surface area contributed by atoms with E-state index in [2.05, 4.69) is 6.92 Å². The van der Waals surface area contributed by atoms with Gasteiger partial charge in [-0.2, -0.15) is 0 Å². The number of barbiturate groups is 1. The maximum atomic E-state index is 12.1. The van der Waals surface area contributed by atoms with E-state index in [1.165, 1.54) is 71.9 Å². The maximum absolute atomic E-state index is 12.1. The van der Waals surface area contributed by atoms with Gasteiger partial charge in [0, 0.05) is 14.1 Å². The van der Waals surface area contributed by atoms with Crippen LogP contribution in [-0.2, 0) is 9.59 Å². The largest absolute Gasteiger partial charge is 0.332 e. The van der Waals surface area contributed by atoms with E-state index in [1.807, 2.05) is 0 Å². The van der Waals surface area contributed by atoms with Gasteiger partial charge < -0.3 is 0 Å². The monoisotopic (exact) mass is 352 g/mol. The molecule has 144 valence electrons. The van der Waals surface area contributed by atoms with Crippen LogP contribution in [0.1, 0.15) is 90.4 Å². The maximum Gasteiger partial charge on any atom is 0.332 e. The quantitative estimate of drug-likeness (QED) is 0.355. The van der Waals surface area contributed by atoms with Crippen molar-refractivity contribution in [1.82, 2.24) is 9.80 Å². The van der Waals surface area contributed by atoms with E-state index in [4.69, 9.17) is 0 Å². The third kappa shape index (κ3) is 7.17. The summed E-state index contributed by atoms with van der Waals surface area (Å²) in [5, 5.41) is 0. The number of nitrogens with zero attached hydrogens (tertiary/aromatic N) is 2. The average molecular weight is 353 g/mol. The third-order valence-electron chi connectivity index (χ3n) is 5.18. The van der Waals surface area contributed by atoms with E-state index in [0.29, 0.717) is 6.42 Å². The van der Waals surface area contributed by atoms with Gasteiger partial charge in [-0.15, -0.1) is 0 Å². The number of carbonyl (C=O) groups is 3. The molecule has 0 atom stereocenters. The Kier molecular flexibility index (Phi) is 10.4. The summed E-state index contributed by atoms with van der Waals surface area (Å²) in [7, 11) is 2.89. The van der Waals surface area contributed by atoms with Crippen molar-refractivity contribution in [3.05, 3.63) is 0 Å². The molecular formula is C20H36N2O3. The SMILES string of the molecule is CCCCCCCCCCCCCCC1C(=O)N(C)C(=O)N(C)C1=O. The summed E-state index contributed by atoms with van der Waals surface area (Å²) in [4.78, 5) is 38.0. The number of imide groups is 2. The fraction of sp³-hybridized carbons (Fsp3) is 0.850. The van der Waals surface area contributed by atoms with Crippen LogP contribution in [0, 0.1) is 5.92 Å². The summed E-state index contributed by atoms with van der Waals surface area (Å²) in [6.07, 6.45) is 15.6. The van der Waals surface area contributed by atoms with Gasteiger partial charge in [0.2, 0.25) is 11.8 Å². The zero-order valence-corrected chi connectivity index (χ0v) is 16.4. The second-order valence-electron chi connectivity index (χ2n) is 7.31. The Labute approximate surface area is 153 Å². The Balaban J connectivity index is 2.05. The summed E-state index contributed by atoms with van der Waals surface area (Å²) in [6.45, 7) is 2.25. The minimum atomic E-state index is -0.671. The topological polar surface area (TPSA) is 57.7 Å². The highest BCUT2D eigenvalue weighted by Crippen LogP contribution is 2.21. The number of hydrogen-bond acceptors (Lipinski definition) is 3. The van der Waals surface area contributed by atoms with E-state index < -0.39 is 11.9 Å². The van der Waals surface area contributed by atoms with Gasteiger partial charge in [0.25, 0.3) is 0 Å². The summed E-state index contributed by atoms with van der Waals surface area (Å²) in [6, 6.07) is -0.527. The van der Waals surface area contributed by atoms with Crippen molar-refractivity contribution in [2.45, 2.75) is 90.4 Å². The highest BCUT2D eigenvalue weighted by Gasteiger charge is 2.41. The normalized spacial score (nSPS) is 16.2. The van der Waals surface area contributed by atoms with Gasteiger partial charge in [0.1, 0.15) is 5.92 Å². The predicted molar refractivity (Wildman–Crippen MR) is 100 cm³/mol. The van der Waals surface area contributed by atoms with Crippen LogP contribution in [0.5, 0.6) is 0 Å². The first-order valence-electron chi connectivity index (χ1n) is 10.1. The molecule has 1 aliphatic heterocycles. The lowest BCUT2D eigenvalue weighted by atomic mass is 9.96. The molecule has 0 aromatic carbocycles. The molecule has 0 saturated carbocycles. The van der Waals surface area contributed by atoms with Crippen LogP contribution in [0.2, 0.25) is 0 Å². The summed E-state index contributed by atoms with van der Waals surface area (Å²) in [5.41, 5.74) is 0. The van der Waals surface area contributed by atoms with Gasteiger partial charge in [-0.1, -0.05) is 84.0 Å². The van der Waals surface area contributed by atoms with Crippen LogP contribution in [0.25, 0.3) is 0 Å². The number of urea groups is 1. The second-order valence-corrected chi connectivity index (χ2v) is 7.31. The van der Waals surface area contributed by atoms with E-state index in [1.54, 1.807) is 0 Å². The highest BCUT2D eigenvalue weighted by atomic mass is 16.2. The van der Waals surface area contributed by atoms with Crippen molar-refractivity contribution in [2.75, 3.05) is 14.1 Å². The minimum absolute atomic E-state index is 0.351. The Morgan fingerprint density at radius 2 is 1.00 bits per heavy atom. The van der Waals surface area contributed by atoms with Crippen LogP contribution in [-0.4, -0.2) is 41.7 Å². The molecule has 1 fully saturated rings. The fourth-order valence-electron chi connectivity index (χ4n) is 3.42. The van der Waals surface area contributed by atoms with E-state index in [-0.39, 0.29) is 11.8 Å². The molecule has 0 aromatic heterocycles. The van der Waals surface area contributed by atoms with Crippen molar-refractivity contribution in [2.24, 2.45) is 5.92 Å². The van der Waals surface area contributed by atoms with Crippen molar-refractivity contribution in [3.8, 4) is 0 Å². The van der Waals surface area contributed by atoms with Crippen molar-refractivity contribution in [3.63, 3.8) is 0 Å².